The van der Waals surface area contributed by atoms with Gasteiger partial charge in [-0.3, -0.25) is 10.1 Å². The van der Waals surface area contributed by atoms with Gasteiger partial charge in [0.05, 0.1) is 9.95 Å². The molecule has 0 saturated heterocycles. The van der Waals surface area contributed by atoms with E-state index in [1.165, 1.54) is 12.1 Å². The molecule has 98 valence electrons. The number of nitro groups is 1. The normalized spacial score (nSPS) is 10.2. The molecule has 0 saturated carbocycles. The number of rotatable bonds is 3. The highest BCUT2D eigenvalue weighted by atomic mass is 79.9. The van der Waals surface area contributed by atoms with Gasteiger partial charge >= 0.3 is 5.69 Å². The number of nitrogens with two attached hydrogens (primary N) is 1. The molecule has 6 nitrogen and oxygen atoms in total. The summed E-state index contributed by atoms with van der Waals surface area (Å²) in [4.78, 5) is 13.8. The molecule has 0 spiro atoms. The first-order valence-corrected chi connectivity index (χ1v) is 6.18. The van der Waals surface area contributed by atoms with Gasteiger partial charge in [-0.05, 0) is 18.2 Å². The summed E-state index contributed by atoms with van der Waals surface area (Å²) in [6.07, 6.45) is 0. The van der Waals surface area contributed by atoms with Crippen LogP contribution in [0.25, 0.3) is 0 Å². The number of pyridine rings is 1. The monoisotopic (exact) mass is 343 g/mol. The van der Waals surface area contributed by atoms with Crippen LogP contribution in [0, 0.1) is 10.1 Å². The molecule has 1 aromatic heterocycles. The van der Waals surface area contributed by atoms with E-state index in [4.69, 9.17) is 22.1 Å². The number of ether oxygens (including phenoxy) is 1. The van der Waals surface area contributed by atoms with Crippen molar-refractivity contribution in [1.29, 1.82) is 0 Å². The fourth-order valence-electron chi connectivity index (χ4n) is 1.33. The fraction of sp³-hybridized carbons (Fsp3) is 0. The van der Waals surface area contributed by atoms with Crippen molar-refractivity contribution in [3.63, 3.8) is 0 Å². The van der Waals surface area contributed by atoms with Crippen molar-refractivity contribution in [3.8, 4) is 11.6 Å². The summed E-state index contributed by atoms with van der Waals surface area (Å²) in [7, 11) is 0. The van der Waals surface area contributed by atoms with Gasteiger partial charge in [0.1, 0.15) is 5.75 Å². The average molecular weight is 345 g/mol. The number of halogens is 2. The number of hydrogen-bond donors (Lipinski definition) is 1. The highest BCUT2D eigenvalue weighted by Gasteiger charge is 2.14. The average Bonchev–Trinajstić information content (AvgIpc) is 2.33. The Bertz CT molecular complexity index is 651. The Morgan fingerprint density at radius 3 is 2.74 bits per heavy atom. The molecule has 2 N–H and O–H groups in total. The van der Waals surface area contributed by atoms with Gasteiger partial charge in [-0.25, -0.2) is 0 Å². The van der Waals surface area contributed by atoms with Crippen molar-refractivity contribution in [2.24, 2.45) is 0 Å². The first-order chi connectivity index (χ1) is 8.97. The molecule has 2 rings (SSSR count). The molecule has 1 aromatic carbocycles. The molecule has 2 aromatic rings. The van der Waals surface area contributed by atoms with Crippen molar-refractivity contribution in [2.45, 2.75) is 0 Å². The lowest BCUT2D eigenvalue weighted by atomic mass is 10.3. The number of nitrogens with zero attached hydrogens (tertiary/aromatic N) is 2. The number of nitrogen functional groups attached to an aromatic ring is 1. The maximum absolute atomic E-state index is 10.6. The first kappa shape index (κ1) is 13.6. The Balaban J connectivity index is 2.31. The molecule has 8 heteroatoms. The van der Waals surface area contributed by atoms with Gasteiger partial charge in [0.25, 0.3) is 0 Å². The smallest absolute Gasteiger partial charge is 0.311 e. The minimum Gasteiger partial charge on any atom is -0.437 e. The van der Waals surface area contributed by atoms with Crippen LogP contribution < -0.4 is 10.5 Å². The van der Waals surface area contributed by atoms with Gasteiger partial charge in [0, 0.05) is 16.6 Å². The summed E-state index contributed by atoms with van der Waals surface area (Å²) < 4.78 is 6.21. The SMILES string of the molecule is Nc1nc(Oc2cc(Br)ccc2Cl)ccc1[N+](=O)[O-]. The maximum Gasteiger partial charge on any atom is 0.311 e. The summed E-state index contributed by atoms with van der Waals surface area (Å²) >= 11 is 9.24. The van der Waals surface area contributed by atoms with Crippen LogP contribution >= 0.6 is 27.5 Å². The van der Waals surface area contributed by atoms with Crippen LogP contribution in [0.5, 0.6) is 11.6 Å². The van der Waals surface area contributed by atoms with Crippen LogP contribution in [0.2, 0.25) is 5.02 Å². The van der Waals surface area contributed by atoms with Crippen LogP contribution in [-0.4, -0.2) is 9.91 Å². The van der Waals surface area contributed by atoms with E-state index in [2.05, 4.69) is 20.9 Å². The molecule has 0 amide bonds. The van der Waals surface area contributed by atoms with E-state index in [9.17, 15) is 10.1 Å². The van der Waals surface area contributed by atoms with E-state index in [1.807, 2.05) is 0 Å². The van der Waals surface area contributed by atoms with Gasteiger partial charge in [0.15, 0.2) is 0 Å². The van der Waals surface area contributed by atoms with Gasteiger partial charge in [-0.1, -0.05) is 27.5 Å². The van der Waals surface area contributed by atoms with Gasteiger partial charge < -0.3 is 10.5 Å². The lowest BCUT2D eigenvalue weighted by molar-refractivity contribution is -0.384. The second kappa shape index (κ2) is 5.41. The zero-order chi connectivity index (χ0) is 14.0. The van der Waals surface area contributed by atoms with E-state index in [1.54, 1.807) is 18.2 Å². The van der Waals surface area contributed by atoms with Crippen LogP contribution in [0.15, 0.2) is 34.8 Å². The molecule has 0 aliphatic carbocycles. The predicted octanol–water partition coefficient (Wildman–Crippen LogP) is 3.78. The third-order valence-corrected chi connectivity index (χ3v) is 2.99. The van der Waals surface area contributed by atoms with Crippen LogP contribution in [0.4, 0.5) is 11.5 Å². The summed E-state index contributed by atoms with van der Waals surface area (Å²) in [6, 6.07) is 7.64. The summed E-state index contributed by atoms with van der Waals surface area (Å²) in [5.74, 6) is 0.286. The van der Waals surface area contributed by atoms with Crippen molar-refractivity contribution >= 4 is 39.0 Å². The lowest BCUT2D eigenvalue weighted by Crippen LogP contribution is -1.99. The molecule has 0 aliphatic rings. The molecule has 0 aliphatic heterocycles. The first-order valence-electron chi connectivity index (χ1n) is 5.01. The fourth-order valence-corrected chi connectivity index (χ4v) is 1.82. The Morgan fingerprint density at radius 2 is 2.11 bits per heavy atom. The van der Waals surface area contributed by atoms with Crippen molar-refractivity contribution in [3.05, 3.63) is 49.9 Å². The van der Waals surface area contributed by atoms with Crippen LogP contribution in [0.3, 0.4) is 0 Å². The maximum atomic E-state index is 10.6. The zero-order valence-corrected chi connectivity index (χ0v) is 11.7. The summed E-state index contributed by atoms with van der Waals surface area (Å²) in [6.45, 7) is 0. The van der Waals surface area contributed by atoms with E-state index in [-0.39, 0.29) is 17.4 Å². The number of aromatic nitrogens is 1. The number of benzene rings is 1. The van der Waals surface area contributed by atoms with Crippen LogP contribution in [-0.2, 0) is 0 Å². The predicted molar refractivity (Wildman–Crippen MR) is 74.5 cm³/mol. The summed E-state index contributed by atoms with van der Waals surface area (Å²) in [5, 5.41) is 11.0. The Kier molecular flexibility index (Phi) is 3.87. The Labute approximate surface area is 121 Å². The van der Waals surface area contributed by atoms with Crippen molar-refractivity contribution in [2.75, 3.05) is 5.73 Å². The molecule has 19 heavy (non-hydrogen) atoms. The molecule has 0 atom stereocenters. The molecular weight excluding hydrogens is 337 g/mol. The Hall–Kier alpha value is -1.86. The standard InChI is InChI=1S/C11H7BrClN3O3/c12-6-1-2-7(13)9(5-6)19-10-4-3-8(16(17)18)11(14)15-10/h1-5H,(H2,14,15). The summed E-state index contributed by atoms with van der Waals surface area (Å²) in [5.41, 5.74) is 5.20. The third kappa shape index (κ3) is 3.12. The molecule has 0 unspecified atom stereocenters. The highest BCUT2D eigenvalue weighted by Crippen LogP contribution is 2.32. The second-order valence-electron chi connectivity index (χ2n) is 3.49. The van der Waals surface area contributed by atoms with Gasteiger partial charge in [0.2, 0.25) is 11.7 Å². The molecule has 1 heterocycles. The Morgan fingerprint density at radius 1 is 1.37 bits per heavy atom. The van der Waals surface area contributed by atoms with E-state index >= 15 is 0 Å². The minimum absolute atomic E-state index is 0.128. The zero-order valence-electron chi connectivity index (χ0n) is 9.34. The topological polar surface area (TPSA) is 91.3 Å². The van der Waals surface area contributed by atoms with E-state index in [0.29, 0.717) is 10.8 Å². The van der Waals surface area contributed by atoms with E-state index < -0.39 is 4.92 Å². The third-order valence-electron chi connectivity index (χ3n) is 2.18. The molecular formula is C11H7BrClN3O3. The molecule has 0 fully saturated rings. The number of anilines is 1. The molecule has 0 bridgehead atoms. The second-order valence-corrected chi connectivity index (χ2v) is 4.81. The highest BCUT2D eigenvalue weighted by molar-refractivity contribution is 9.10. The van der Waals surface area contributed by atoms with E-state index in [0.717, 1.165) is 4.47 Å². The molecule has 0 radical (unpaired) electrons. The number of hydrogen-bond acceptors (Lipinski definition) is 5. The lowest BCUT2D eigenvalue weighted by Gasteiger charge is -2.07. The van der Waals surface area contributed by atoms with Crippen molar-refractivity contribution in [1.82, 2.24) is 4.98 Å². The van der Waals surface area contributed by atoms with Gasteiger partial charge in [-0.2, -0.15) is 4.98 Å². The van der Waals surface area contributed by atoms with Gasteiger partial charge in [-0.15, -0.1) is 0 Å². The van der Waals surface area contributed by atoms with Crippen molar-refractivity contribution < 1.29 is 9.66 Å². The quantitative estimate of drug-likeness (QED) is 0.676. The largest absolute Gasteiger partial charge is 0.437 e. The van der Waals surface area contributed by atoms with Crippen LogP contribution in [0.1, 0.15) is 0 Å². The minimum atomic E-state index is -0.613.